The summed E-state index contributed by atoms with van der Waals surface area (Å²) in [6.45, 7) is 2.97. The van der Waals surface area contributed by atoms with Gasteiger partial charge in [0.2, 0.25) is 0 Å². The van der Waals surface area contributed by atoms with Crippen LogP contribution in [0, 0.1) is 6.92 Å². The summed E-state index contributed by atoms with van der Waals surface area (Å²) in [6, 6.07) is 18.7. The van der Waals surface area contributed by atoms with E-state index in [2.05, 4.69) is 15.5 Å². The van der Waals surface area contributed by atoms with Gasteiger partial charge in [0.05, 0.1) is 22.2 Å². The maximum atomic E-state index is 14.8. The monoisotopic (exact) mass is 484 g/mol. The first-order valence-corrected chi connectivity index (χ1v) is 12.1. The molecule has 0 bridgehead atoms. The normalized spacial score (nSPS) is 12.6. The second kappa shape index (κ2) is 10.2. The minimum Gasteiger partial charge on any atom is -0.492 e. The van der Waals surface area contributed by atoms with Gasteiger partial charge in [-0.3, -0.25) is 5.10 Å². The van der Waals surface area contributed by atoms with Gasteiger partial charge in [0.15, 0.2) is 0 Å². The molecule has 1 aromatic heterocycles. The first-order chi connectivity index (χ1) is 16.4. The average Bonchev–Trinajstić information content (AvgIpc) is 3.23. The summed E-state index contributed by atoms with van der Waals surface area (Å²) in [7, 11) is -4.35. The molecule has 0 saturated heterocycles. The van der Waals surface area contributed by atoms with Crippen molar-refractivity contribution >= 4 is 26.6 Å². The highest BCUT2D eigenvalue weighted by Crippen LogP contribution is 2.27. The van der Waals surface area contributed by atoms with Crippen molar-refractivity contribution in [2.24, 2.45) is 0 Å². The van der Waals surface area contributed by atoms with E-state index in [-0.39, 0.29) is 21.7 Å². The number of aromatic nitrogens is 2. The molecule has 0 radical (unpaired) electrons. The average molecular weight is 485 g/mol. The van der Waals surface area contributed by atoms with Gasteiger partial charge in [0.1, 0.15) is 12.4 Å². The Kier molecular flexibility index (Phi) is 7.11. The number of aromatic amines is 1. The molecular formula is C24H25FN4O4S. The number of halogens is 1. The molecule has 178 valence electrons. The molecule has 0 fully saturated rings. The second-order valence-corrected chi connectivity index (χ2v) is 9.47. The Bertz CT molecular complexity index is 1360. The van der Waals surface area contributed by atoms with Gasteiger partial charge in [0.25, 0.3) is 10.0 Å². The van der Waals surface area contributed by atoms with Crippen LogP contribution in [0.4, 0.5) is 10.2 Å². The maximum absolute atomic E-state index is 14.8. The van der Waals surface area contributed by atoms with Crippen LogP contribution in [0.3, 0.4) is 0 Å². The number of anilines is 1. The summed E-state index contributed by atoms with van der Waals surface area (Å²) in [5, 5.41) is 21.7. The quantitative estimate of drug-likeness (QED) is 0.234. The number of ether oxygens (including phenoxy) is 1. The molecular weight excluding hydrogens is 459 g/mol. The number of nitrogens with zero attached hydrogens (tertiary/aromatic N) is 2. The summed E-state index contributed by atoms with van der Waals surface area (Å²) in [6.07, 6.45) is -0.962. The third-order valence-electron chi connectivity index (χ3n) is 5.31. The van der Waals surface area contributed by atoms with Gasteiger partial charge in [-0.15, -0.1) is 0 Å². The Morgan fingerprint density at radius 1 is 1.12 bits per heavy atom. The Balaban J connectivity index is 1.30. The van der Waals surface area contributed by atoms with Crippen LogP contribution in [0.15, 0.2) is 77.7 Å². The molecule has 4 aromatic rings. The highest BCUT2D eigenvalue weighted by Gasteiger charge is 2.25. The van der Waals surface area contributed by atoms with Crippen LogP contribution in [-0.2, 0) is 10.0 Å². The van der Waals surface area contributed by atoms with Gasteiger partial charge in [-0.05, 0) is 48.9 Å². The molecule has 0 saturated carbocycles. The van der Waals surface area contributed by atoms with E-state index in [0.717, 1.165) is 16.6 Å². The fourth-order valence-corrected chi connectivity index (χ4v) is 4.56. The summed E-state index contributed by atoms with van der Waals surface area (Å²) < 4.78 is 45.2. The lowest BCUT2D eigenvalue weighted by Crippen LogP contribution is -2.26. The minimum atomic E-state index is -4.35. The Morgan fingerprint density at radius 2 is 1.91 bits per heavy atom. The van der Waals surface area contributed by atoms with Crippen molar-refractivity contribution in [3.8, 4) is 5.75 Å². The van der Waals surface area contributed by atoms with E-state index >= 15 is 0 Å². The molecule has 1 heterocycles. The summed E-state index contributed by atoms with van der Waals surface area (Å²) in [4.78, 5) is -0.160. The number of hydrogen-bond acceptors (Lipinski definition) is 6. The Labute approximate surface area is 197 Å². The van der Waals surface area contributed by atoms with Gasteiger partial charge in [-0.2, -0.15) is 13.5 Å². The van der Waals surface area contributed by atoms with Gasteiger partial charge in [-0.1, -0.05) is 39.3 Å². The van der Waals surface area contributed by atoms with Crippen LogP contribution >= 0.6 is 0 Å². The van der Waals surface area contributed by atoms with Crippen molar-refractivity contribution in [1.82, 2.24) is 15.5 Å². The fourth-order valence-electron chi connectivity index (χ4n) is 3.48. The SMILES string of the molecule is Cc1[nH]nc2cc(OCCNC[C@H](O)c3cccc(N(F)S(=O)(=O)c4ccccc4)c3)ccc12. The zero-order valence-electron chi connectivity index (χ0n) is 18.5. The number of aryl methyl sites for hydroxylation is 1. The van der Waals surface area contributed by atoms with Gasteiger partial charge in [-0.25, -0.2) is 0 Å². The molecule has 0 aliphatic rings. The van der Waals surface area contributed by atoms with Crippen molar-refractivity contribution in [3.05, 3.63) is 84.1 Å². The predicted octanol–water partition coefficient (Wildman–Crippen LogP) is 3.65. The number of nitrogens with one attached hydrogen (secondary N) is 2. The van der Waals surface area contributed by atoms with E-state index < -0.39 is 16.1 Å². The lowest BCUT2D eigenvalue weighted by molar-refractivity contribution is 0.172. The molecule has 0 amide bonds. The lowest BCUT2D eigenvalue weighted by Gasteiger charge is -2.17. The number of fused-ring (bicyclic) bond motifs is 1. The van der Waals surface area contributed by atoms with Crippen LogP contribution < -0.4 is 14.6 Å². The lowest BCUT2D eigenvalue weighted by atomic mass is 10.1. The van der Waals surface area contributed by atoms with Crippen LogP contribution in [-0.4, -0.2) is 43.4 Å². The Hall–Kier alpha value is -3.47. The summed E-state index contributed by atoms with van der Waals surface area (Å²) in [5.41, 5.74) is 2.02. The van der Waals surface area contributed by atoms with Crippen molar-refractivity contribution in [3.63, 3.8) is 0 Å². The van der Waals surface area contributed by atoms with Crippen molar-refractivity contribution in [1.29, 1.82) is 0 Å². The number of sulfonamides is 1. The maximum Gasteiger partial charge on any atom is 0.290 e. The van der Waals surface area contributed by atoms with E-state index in [1.54, 1.807) is 12.1 Å². The van der Waals surface area contributed by atoms with Crippen molar-refractivity contribution in [2.75, 3.05) is 24.2 Å². The first kappa shape index (κ1) is 23.7. The highest BCUT2D eigenvalue weighted by atomic mass is 32.2. The minimum absolute atomic E-state index is 0.160. The van der Waals surface area contributed by atoms with Gasteiger partial charge < -0.3 is 15.2 Å². The van der Waals surface area contributed by atoms with Crippen LogP contribution in [0.2, 0.25) is 0 Å². The molecule has 3 N–H and O–H groups in total. The second-order valence-electron chi connectivity index (χ2n) is 7.72. The number of H-pyrrole nitrogens is 1. The predicted molar refractivity (Wildman–Crippen MR) is 128 cm³/mol. The smallest absolute Gasteiger partial charge is 0.290 e. The van der Waals surface area contributed by atoms with Crippen LogP contribution in [0.1, 0.15) is 17.4 Å². The Morgan fingerprint density at radius 3 is 2.71 bits per heavy atom. The highest BCUT2D eigenvalue weighted by molar-refractivity contribution is 7.92. The number of aliphatic hydroxyl groups is 1. The third-order valence-corrected chi connectivity index (χ3v) is 6.81. The molecule has 10 heteroatoms. The summed E-state index contributed by atoms with van der Waals surface area (Å²) in [5.74, 6) is 0.691. The fraction of sp³-hybridized carbons (Fsp3) is 0.208. The molecule has 0 unspecified atom stereocenters. The topological polar surface area (TPSA) is 108 Å². The molecule has 34 heavy (non-hydrogen) atoms. The van der Waals surface area contributed by atoms with Crippen molar-refractivity contribution in [2.45, 2.75) is 17.9 Å². The summed E-state index contributed by atoms with van der Waals surface area (Å²) >= 11 is 0. The van der Waals surface area contributed by atoms with E-state index in [1.165, 1.54) is 42.5 Å². The number of aliphatic hydroxyl groups excluding tert-OH is 1. The number of benzene rings is 3. The number of hydrogen-bond donors (Lipinski definition) is 3. The van der Waals surface area contributed by atoms with Gasteiger partial charge >= 0.3 is 0 Å². The van der Waals surface area contributed by atoms with Crippen molar-refractivity contribution < 1.29 is 22.7 Å². The van der Waals surface area contributed by atoms with E-state index in [1.807, 2.05) is 25.1 Å². The third kappa shape index (κ3) is 5.19. The zero-order chi connectivity index (χ0) is 24.1. The molecule has 3 aromatic carbocycles. The first-order valence-electron chi connectivity index (χ1n) is 10.7. The number of rotatable bonds is 10. The molecule has 1 atom stereocenters. The molecule has 0 aliphatic heterocycles. The van der Waals surface area contributed by atoms with Gasteiger partial charge in [0, 0.05) is 30.2 Å². The van der Waals surface area contributed by atoms with E-state index in [0.29, 0.717) is 24.5 Å². The van der Waals surface area contributed by atoms with E-state index in [4.69, 9.17) is 4.74 Å². The van der Waals surface area contributed by atoms with Crippen LogP contribution in [0.5, 0.6) is 5.75 Å². The van der Waals surface area contributed by atoms with E-state index in [9.17, 15) is 18.0 Å². The molecule has 4 rings (SSSR count). The largest absolute Gasteiger partial charge is 0.492 e. The zero-order valence-corrected chi connectivity index (χ0v) is 19.3. The molecule has 0 aliphatic carbocycles. The van der Waals surface area contributed by atoms with Crippen LogP contribution in [0.25, 0.3) is 10.9 Å². The standard InChI is InChI=1S/C24H25FN4O4S/c1-17-22-11-10-20(15-23(22)28-27-17)33-13-12-26-16-24(30)18-6-5-7-19(14-18)29(25)34(31,32)21-8-3-2-4-9-21/h2-11,14-15,24,26,30H,12-13,16H2,1H3,(H,27,28)/t24-/m0/s1. The molecule has 0 spiro atoms. The molecule has 8 nitrogen and oxygen atoms in total.